The van der Waals surface area contributed by atoms with Crippen LogP contribution in [0.3, 0.4) is 0 Å². The fourth-order valence-electron chi connectivity index (χ4n) is 5.04. The van der Waals surface area contributed by atoms with Crippen LogP contribution in [-0.4, -0.2) is 40.0 Å². The number of aryl methyl sites for hydroxylation is 1. The lowest BCUT2D eigenvalue weighted by Gasteiger charge is -2.52. The molecule has 4 nitrogen and oxygen atoms in total. The fraction of sp³-hybridized carbons (Fsp3) is 0.526. The van der Waals surface area contributed by atoms with Crippen molar-refractivity contribution in [2.24, 2.45) is 13.0 Å². The Hall–Kier alpha value is -1.52. The maximum atomic E-state index is 12.9. The average Bonchev–Trinajstić information content (AvgIpc) is 3.29. The van der Waals surface area contributed by atoms with E-state index in [1.165, 1.54) is 38.8 Å². The summed E-state index contributed by atoms with van der Waals surface area (Å²) in [7, 11) is 1.99. The van der Waals surface area contributed by atoms with E-state index < -0.39 is 0 Å². The molecule has 1 aromatic heterocycles. The number of carbonyl (C=O) groups is 1. The Kier molecular flexibility index (Phi) is 3.66. The quantitative estimate of drug-likeness (QED) is 0.908. The summed E-state index contributed by atoms with van der Waals surface area (Å²) >= 11 is 0. The van der Waals surface area contributed by atoms with E-state index in [2.05, 4.69) is 22.3 Å². The molecule has 0 unspecified atom stereocenters. The number of para-hydroxylation sites is 1. The highest BCUT2D eigenvalue weighted by Crippen LogP contribution is 2.53. The molecule has 4 fully saturated rings. The zero-order valence-electron chi connectivity index (χ0n) is 14.0. The summed E-state index contributed by atoms with van der Waals surface area (Å²) in [4.78, 5) is 15.6. The van der Waals surface area contributed by atoms with Crippen LogP contribution in [0.15, 0.2) is 30.3 Å². The minimum absolute atomic E-state index is 0. The number of halogens is 1. The number of amides is 1. The smallest absolute Gasteiger partial charge is 0.268 e. The molecule has 1 saturated carbocycles. The van der Waals surface area contributed by atoms with E-state index in [0.29, 0.717) is 17.5 Å². The third-order valence-corrected chi connectivity index (χ3v) is 6.45. The van der Waals surface area contributed by atoms with Crippen molar-refractivity contribution in [2.45, 2.75) is 37.3 Å². The lowest BCUT2D eigenvalue weighted by Crippen LogP contribution is -2.65. The largest absolute Gasteiger partial charge is 0.346 e. The van der Waals surface area contributed by atoms with Gasteiger partial charge < -0.3 is 9.88 Å². The topological polar surface area (TPSA) is 37.3 Å². The summed E-state index contributed by atoms with van der Waals surface area (Å²) in [5.41, 5.74) is 2.19. The molecule has 5 heteroatoms. The minimum Gasteiger partial charge on any atom is -0.346 e. The molecule has 0 radical (unpaired) electrons. The van der Waals surface area contributed by atoms with Gasteiger partial charge in [0.05, 0.1) is 6.04 Å². The van der Waals surface area contributed by atoms with Gasteiger partial charge in [-0.3, -0.25) is 9.69 Å². The van der Waals surface area contributed by atoms with Crippen molar-refractivity contribution in [3.63, 3.8) is 0 Å². The summed E-state index contributed by atoms with van der Waals surface area (Å²) < 4.78 is 2.02. The van der Waals surface area contributed by atoms with Gasteiger partial charge in [0.25, 0.3) is 5.91 Å². The monoisotopic (exact) mass is 345 g/mol. The highest BCUT2D eigenvalue weighted by atomic mass is 35.5. The number of hydrogen-bond acceptors (Lipinski definition) is 2. The third-order valence-electron chi connectivity index (χ3n) is 6.45. The summed E-state index contributed by atoms with van der Waals surface area (Å²) in [6.07, 6.45) is 4.98. The van der Waals surface area contributed by atoms with Gasteiger partial charge in [0, 0.05) is 23.5 Å². The first kappa shape index (κ1) is 16.0. The Balaban J connectivity index is 0.00000146. The molecule has 4 heterocycles. The van der Waals surface area contributed by atoms with E-state index >= 15 is 0 Å². The van der Waals surface area contributed by atoms with Gasteiger partial charge in [0.2, 0.25) is 0 Å². The first-order valence-corrected chi connectivity index (χ1v) is 8.79. The first-order valence-electron chi connectivity index (χ1n) is 8.79. The van der Waals surface area contributed by atoms with Crippen LogP contribution in [-0.2, 0) is 7.05 Å². The van der Waals surface area contributed by atoms with E-state index in [-0.39, 0.29) is 18.3 Å². The Morgan fingerprint density at radius 1 is 1.21 bits per heavy atom. The van der Waals surface area contributed by atoms with E-state index in [0.717, 1.165) is 16.6 Å². The predicted octanol–water partition coefficient (Wildman–Crippen LogP) is 2.96. The molecule has 1 atom stereocenters. The van der Waals surface area contributed by atoms with Gasteiger partial charge >= 0.3 is 0 Å². The zero-order chi connectivity index (χ0) is 15.6. The summed E-state index contributed by atoms with van der Waals surface area (Å²) in [6.45, 7) is 2.45. The van der Waals surface area contributed by atoms with Crippen molar-refractivity contribution in [1.29, 1.82) is 0 Å². The van der Waals surface area contributed by atoms with Gasteiger partial charge in [-0.2, -0.15) is 0 Å². The first-order chi connectivity index (χ1) is 11.2. The molecule has 4 aliphatic rings. The van der Waals surface area contributed by atoms with Crippen molar-refractivity contribution in [2.75, 3.05) is 13.1 Å². The van der Waals surface area contributed by atoms with Crippen molar-refractivity contribution >= 4 is 29.2 Å². The lowest BCUT2D eigenvalue weighted by molar-refractivity contribution is -0.00157. The predicted molar refractivity (Wildman–Crippen MR) is 97.7 cm³/mol. The molecule has 1 aromatic carbocycles. The number of nitrogens with zero attached hydrogens (tertiary/aromatic N) is 2. The second-order valence-corrected chi connectivity index (χ2v) is 7.53. The molecule has 3 aliphatic heterocycles. The Bertz CT molecular complexity index is 787. The van der Waals surface area contributed by atoms with Crippen molar-refractivity contribution in [1.82, 2.24) is 14.8 Å². The van der Waals surface area contributed by atoms with Crippen LogP contribution >= 0.6 is 12.4 Å². The molecular weight excluding hydrogens is 322 g/mol. The van der Waals surface area contributed by atoms with Gasteiger partial charge in [-0.25, -0.2) is 0 Å². The molecule has 3 saturated heterocycles. The number of hydrogen-bond donors (Lipinski definition) is 1. The van der Waals surface area contributed by atoms with Crippen molar-refractivity contribution in [3.05, 3.63) is 36.0 Å². The van der Waals surface area contributed by atoms with E-state index in [4.69, 9.17) is 0 Å². The van der Waals surface area contributed by atoms with E-state index in [1.54, 1.807) is 0 Å². The highest BCUT2D eigenvalue weighted by Gasteiger charge is 2.60. The molecule has 24 heavy (non-hydrogen) atoms. The van der Waals surface area contributed by atoms with Crippen LogP contribution in [0, 0.1) is 5.92 Å². The Morgan fingerprint density at radius 2 is 1.92 bits per heavy atom. The van der Waals surface area contributed by atoms with E-state index in [9.17, 15) is 4.79 Å². The maximum Gasteiger partial charge on any atom is 0.268 e. The average molecular weight is 346 g/mol. The number of carbonyl (C=O) groups excluding carboxylic acids is 1. The molecule has 1 amide bonds. The zero-order valence-corrected chi connectivity index (χ0v) is 14.8. The molecule has 1 N–H and O–H groups in total. The van der Waals surface area contributed by atoms with Gasteiger partial charge in [0.15, 0.2) is 0 Å². The number of fused-ring (bicyclic) bond motifs is 3. The van der Waals surface area contributed by atoms with Gasteiger partial charge in [-0.15, -0.1) is 12.4 Å². The SMILES string of the molecule is Cl.Cn1c(C(=O)N[C@@H]2C3CCN(CC3)C23CC3)cc2ccccc21. The van der Waals surface area contributed by atoms with Gasteiger partial charge in [-0.05, 0) is 56.8 Å². The number of rotatable bonds is 2. The Morgan fingerprint density at radius 3 is 2.58 bits per heavy atom. The van der Waals surface area contributed by atoms with Crippen LogP contribution in [0.2, 0.25) is 0 Å². The third kappa shape index (κ3) is 2.12. The number of piperidine rings is 3. The van der Waals surface area contributed by atoms with Crippen LogP contribution in [0.1, 0.15) is 36.2 Å². The van der Waals surface area contributed by atoms with Crippen molar-refractivity contribution < 1.29 is 4.79 Å². The molecular formula is C19H24ClN3O. The number of nitrogens with one attached hydrogen (secondary N) is 1. The van der Waals surface area contributed by atoms with E-state index in [1.807, 2.05) is 29.8 Å². The number of benzene rings is 1. The van der Waals surface area contributed by atoms with Gasteiger partial charge in [-0.1, -0.05) is 18.2 Å². The standard InChI is InChI=1S/C19H23N3O.ClH/c1-21-15-5-3-2-4-14(15)12-16(21)18(23)20-17-13-6-10-22(11-7-13)19(17)8-9-19;/h2-5,12-13,17H,6-11H2,1H3,(H,20,23);1H/t17-;/m1./s1. The normalized spacial score (nSPS) is 29.5. The summed E-state index contributed by atoms with van der Waals surface area (Å²) in [6, 6.07) is 10.6. The summed E-state index contributed by atoms with van der Waals surface area (Å²) in [5.74, 6) is 0.759. The number of aromatic nitrogens is 1. The molecule has 6 rings (SSSR count). The minimum atomic E-state index is 0. The van der Waals surface area contributed by atoms with Gasteiger partial charge in [0.1, 0.15) is 5.69 Å². The Labute approximate surface area is 148 Å². The second-order valence-electron chi connectivity index (χ2n) is 7.53. The lowest BCUT2D eigenvalue weighted by atomic mass is 9.77. The second kappa shape index (κ2) is 5.50. The fourth-order valence-corrected chi connectivity index (χ4v) is 5.04. The van der Waals surface area contributed by atoms with Crippen LogP contribution in [0.4, 0.5) is 0 Å². The maximum absolute atomic E-state index is 12.9. The van der Waals surface area contributed by atoms with Crippen LogP contribution in [0.25, 0.3) is 10.9 Å². The molecule has 1 aliphatic carbocycles. The highest BCUT2D eigenvalue weighted by molar-refractivity contribution is 5.99. The molecule has 1 spiro atoms. The molecule has 128 valence electrons. The van der Waals surface area contributed by atoms with Crippen LogP contribution < -0.4 is 5.32 Å². The molecule has 2 bridgehead atoms. The summed E-state index contributed by atoms with van der Waals surface area (Å²) in [5, 5.41) is 4.55. The molecule has 2 aromatic rings. The van der Waals surface area contributed by atoms with Crippen molar-refractivity contribution in [3.8, 4) is 0 Å². The van der Waals surface area contributed by atoms with Crippen LogP contribution in [0.5, 0.6) is 0 Å².